The van der Waals surface area contributed by atoms with Gasteiger partial charge in [0.25, 0.3) is 5.91 Å². The van der Waals surface area contributed by atoms with Gasteiger partial charge in [-0.25, -0.2) is 4.98 Å². The van der Waals surface area contributed by atoms with Gasteiger partial charge in [0.15, 0.2) is 0 Å². The molecule has 5 nitrogen and oxygen atoms in total. The van der Waals surface area contributed by atoms with Crippen molar-refractivity contribution in [3.63, 3.8) is 0 Å². The van der Waals surface area contributed by atoms with Crippen LogP contribution in [0.4, 0.5) is 11.5 Å². The molecule has 0 bridgehead atoms. The van der Waals surface area contributed by atoms with Crippen molar-refractivity contribution < 1.29 is 4.79 Å². The summed E-state index contributed by atoms with van der Waals surface area (Å²) in [6.07, 6.45) is 3.18. The van der Waals surface area contributed by atoms with Crippen LogP contribution in [0.5, 0.6) is 0 Å². The molecule has 0 aliphatic heterocycles. The Hall–Kier alpha value is -2.63. The molecule has 0 saturated heterocycles. The molecule has 0 atom stereocenters. The molecule has 1 aromatic carbocycles. The number of nitrogens with zero attached hydrogens (tertiary/aromatic N) is 2. The number of aromatic nitrogens is 2. The lowest BCUT2D eigenvalue weighted by atomic mass is 10.2. The van der Waals surface area contributed by atoms with E-state index in [1.54, 1.807) is 36.5 Å². The molecule has 0 saturated carbocycles. The summed E-state index contributed by atoms with van der Waals surface area (Å²) in [7, 11) is 0. The number of amides is 1. The van der Waals surface area contributed by atoms with Crippen molar-refractivity contribution in [2.45, 2.75) is 6.54 Å². The third-order valence-corrected chi connectivity index (χ3v) is 4.22. The highest BCUT2D eigenvalue weighted by molar-refractivity contribution is 6.43. The number of carbonyl (C=O) groups excluding carboxylic acids is 1. The minimum atomic E-state index is -0.217. The number of benzene rings is 1. The summed E-state index contributed by atoms with van der Waals surface area (Å²) < 4.78 is 0. The highest BCUT2D eigenvalue weighted by Crippen LogP contribution is 2.31. The van der Waals surface area contributed by atoms with Gasteiger partial charge < -0.3 is 10.6 Å². The zero-order valence-corrected chi connectivity index (χ0v) is 14.6. The molecule has 2 aromatic heterocycles. The number of hydrogen-bond acceptors (Lipinski definition) is 4. The van der Waals surface area contributed by atoms with Gasteiger partial charge >= 0.3 is 0 Å². The summed E-state index contributed by atoms with van der Waals surface area (Å²) >= 11 is 12.1. The molecule has 25 heavy (non-hydrogen) atoms. The number of rotatable bonds is 5. The lowest BCUT2D eigenvalue weighted by Gasteiger charge is -2.09. The zero-order chi connectivity index (χ0) is 17.6. The molecular weight excluding hydrogens is 359 g/mol. The Morgan fingerprint density at radius 3 is 2.60 bits per heavy atom. The molecule has 0 aliphatic rings. The maximum Gasteiger partial charge on any atom is 0.253 e. The summed E-state index contributed by atoms with van der Waals surface area (Å²) in [6, 6.07) is 14.2. The number of nitrogens with one attached hydrogen (secondary N) is 2. The SMILES string of the molecule is O=C(NCc1ccccn1)c1ccc(Nc2cccc(Cl)c2Cl)nc1. The predicted molar refractivity (Wildman–Crippen MR) is 99.4 cm³/mol. The van der Waals surface area contributed by atoms with Gasteiger partial charge in [0.2, 0.25) is 0 Å². The molecule has 0 unspecified atom stereocenters. The molecule has 0 spiro atoms. The van der Waals surface area contributed by atoms with Gasteiger partial charge in [-0.05, 0) is 36.4 Å². The average molecular weight is 373 g/mol. The Balaban J connectivity index is 1.63. The van der Waals surface area contributed by atoms with Crippen LogP contribution >= 0.6 is 23.2 Å². The second kappa shape index (κ2) is 7.96. The maximum absolute atomic E-state index is 12.1. The van der Waals surface area contributed by atoms with Gasteiger partial charge in [0.1, 0.15) is 5.82 Å². The van der Waals surface area contributed by atoms with E-state index in [4.69, 9.17) is 23.2 Å². The van der Waals surface area contributed by atoms with Crippen LogP contribution in [-0.4, -0.2) is 15.9 Å². The summed E-state index contributed by atoms with van der Waals surface area (Å²) in [4.78, 5) is 20.5. The molecule has 2 N–H and O–H groups in total. The Kier molecular flexibility index (Phi) is 5.48. The number of carbonyl (C=O) groups is 1. The number of hydrogen-bond donors (Lipinski definition) is 2. The molecule has 0 radical (unpaired) electrons. The highest BCUT2D eigenvalue weighted by atomic mass is 35.5. The van der Waals surface area contributed by atoms with Crippen LogP contribution in [0.25, 0.3) is 0 Å². The van der Waals surface area contributed by atoms with E-state index in [0.29, 0.717) is 33.7 Å². The summed E-state index contributed by atoms with van der Waals surface area (Å²) in [5.74, 6) is 0.343. The second-order valence-electron chi connectivity index (χ2n) is 5.16. The fraction of sp³-hybridized carbons (Fsp3) is 0.0556. The molecule has 3 rings (SSSR count). The molecule has 126 valence electrons. The minimum absolute atomic E-state index is 0.217. The van der Waals surface area contributed by atoms with Crippen molar-refractivity contribution in [2.75, 3.05) is 5.32 Å². The van der Waals surface area contributed by atoms with Crippen LogP contribution in [0.15, 0.2) is 60.9 Å². The second-order valence-corrected chi connectivity index (χ2v) is 5.95. The zero-order valence-electron chi connectivity index (χ0n) is 13.0. The van der Waals surface area contributed by atoms with Crippen molar-refractivity contribution in [3.8, 4) is 0 Å². The smallest absolute Gasteiger partial charge is 0.253 e. The molecule has 7 heteroatoms. The third kappa shape index (κ3) is 4.47. The number of anilines is 2. The number of pyridine rings is 2. The summed E-state index contributed by atoms with van der Waals surface area (Å²) in [6.45, 7) is 0.359. The van der Waals surface area contributed by atoms with Gasteiger partial charge in [-0.3, -0.25) is 9.78 Å². The standard InChI is InChI=1S/C18H14Cl2N4O/c19-14-5-3-6-15(17(14)20)24-16-8-7-12(10-22-16)18(25)23-11-13-4-1-2-9-21-13/h1-10H,11H2,(H,22,24)(H,23,25). The topological polar surface area (TPSA) is 66.9 Å². The van der Waals surface area contributed by atoms with Crippen molar-refractivity contribution in [1.82, 2.24) is 15.3 Å². The quantitative estimate of drug-likeness (QED) is 0.693. The van der Waals surface area contributed by atoms with Crippen molar-refractivity contribution in [1.29, 1.82) is 0 Å². The van der Waals surface area contributed by atoms with Gasteiger partial charge in [-0.2, -0.15) is 0 Å². The largest absolute Gasteiger partial charge is 0.346 e. The Bertz CT molecular complexity index is 870. The molecule has 1 amide bonds. The highest BCUT2D eigenvalue weighted by Gasteiger charge is 2.08. The van der Waals surface area contributed by atoms with Crippen LogP contribution < -0.4 is 10.6 Å². The number of halogens is 2. The van der Waals surface area contributed by atoms with E-state index in [0.717, 1.165) is 5.69 Å². The van der Waals surface area contributed by atoms with Gasteiger partial charge in [-0.15, -0.1) is 0 Å². The first-order valence-corrected chi connectivity index (χ1v) is 8.24. The average Bonchev–Trinajstić information content (AvgIpc) is 2.65. The Morgan fingerprint density at radius 2 is 1.88 bits per heavy atom. The van der Waals surface area contributed by atoms with Crippen molar-refractivity contribution in [2.24, 2.45) is 0 Å². The fourth-order valence-corrected chi connectivity index (χ4v) is 2.46. The van der Waals surface area contributed by atoms with Gasteiger partial charge in [-0.1, -0.05) is 35.3 Å². The van der Waals surface area contributed by atoms with Crippen molar-refractivity contribution >= 4 is 40.6 Å². The van der Waals surface area contributed by atoms with Crippen molar-refractivity contribution in [3.05, 3.63) is 82.2 Å². The van der Waals surface area contributed by atoms with Crippen LogP contribution in [0.1, 0.15) is 16.1 Å². The molecular formula is C18H14Cl2N4O. The fourth-order valence-electron chi connectivity index (χ4n) is 2.12. The van der Waals surface area contributed by atoms with E-state index >= 15 is 0 Å². The third-order valence-electron chi connectivity index (χ3n) is 3.40. The van der Waals surface area contributed by atoms with E-state index in [2.05, 4.69) is 20.6 Å². The van der Waals surface area contributed by atoms with Crippen LogP contribution in [-0.2, 0) is 6.54 Å². The minimum Gasteiger partial charge on any atom is -0.346 e. The van der Waals surface area contributed by atoms with E-state index in [9.17, 15) is 4.79 Å². The maximum atomic E-state index is 12.1. The molecule has 0 aliphatic carbocycles. The molecule has 0 fully saturated rings. The van der Waals surface area contributed by atoms with E-state index < -0.39 is 0 Å². The predicted octanol–water partition coefficient (Wildman–Crippen LogP) is 4.46. The van der Waals surface area contributed by atoms with E-state index in [1.165, 1.54) is 6.20 Å². The van der Waals surface area contributed by atoms with Gasteiger partial charge in [0.05, 0.1) is 33.5 Å². The van der Waals surface area contributed by atoms with Crippen LogP contribution in [0, 0.1) is 0 Å². The summed E-state index contributed by atoms with van der Waals surface area (Å²) in [5.41, 5.74) is 1.89. The molecule has 2 heterocycles. The summed E-state index contributed by atoms with van der Waals surface area (Å²) in [5, 5.41) is 6.74. The monoisotopic (exact) mass is 372 g/mol. The lowest BCUT2D eigenvalue weighted by Crippen LogP contribution is -2.23. The molecule has 3 aromatic rings. The Morgan fingerprint density at radius 1 is 1.00 bits per heavy atom. The first-order valence-electron chi connectivity index (χ1n) is 7.48. The normalized spacial score (nSPS) is 10.3. The van der Waals surface area contributed by atoms with E-state index in [-0.39, 0.29) is 5.91 Å². The van der Waals surface area contributed by atoms with Crippen LogP contribution in [0.2, 0.25) is 10.0 Å². The first-order chi connectivity index (χ1) is 12.1. The van der Waals surface area contributed by atoms with Crippen LogP contribution in [0.3, 0.4) is 0 Å². The first kappa shape index (κ1) is 17.2. The van der Waals surface area contributed by atoms with Gasteiger partial charge in [0, 0.05) is 12.4 Å². The van der Waals surface area contributed by atoms with E-state index in [1.807, 2.05) is 18.2 Å². The lowest BCUT2D eigenvalue weighted by molar-refractivity contribution is 0.0950. The Labute approximate surface area is 155 Å².